The van der Waals surface area contributed by atoms with E-state index in [1.165, 1.54) is 0 Å². The third-order valence-electron chi connectivity index (χ3n) is 3.94. The van der Waals surface area contributed by atoms with Crippen LogP contribution in [0.2, 0.25) is 0 Å². The molecular formula is C20H16BrN3O2. The van der Waals surface area contributed by atoms with E-state index in [4.69, 9.17) is 15.2 Å². The van der Waals surface area contributed by atoms with Crippen LogP contribution in [0.15, 0.2) is 53.0 Å². The number of halogens is 1. The number of aromatic nitrogens is 1. The first-order valence-electron chi connectivity index (χ1n) is 7.75. The molecule has 2 aromatic carbocycles. The molecule has 26 heavy (non-hydrogen) atoms. The second-order valence-electron chi connectivity index (χ2n) is 5.54. The number of nitrogens with zero attached hydrogens (tertiary/aromatic N) is 2. The first-order valence-corrected chi connectivity index (χ1v) is 8.55. The third kappa shape index (κ3) is 3.48. The Morgan fingerprint density at radius 3 is 2.27 bits per heavy atom. The van der Waals surface area contributed by atoms with Gasteiger partial charge in [0.25, 0.3) is 0 Å². The van der Waals surface area contributed by atoms with Crippen molar-refractivity contribution in [1.82, 2.24) is 4.98 Å². The molecule has 0 unspecified atom stereocenters. The van der Waals surface area contributed by atoms with Gasteiger partial charge in [-0.3, -0.25) is 0 Å². The molecule has 1 heterocycles. The zero-order valence-corrected chi connectivity index (χ0v) is 15.9. The van der Waals surface area contributed by atoms with Gasteiger partial charge in [-0.25, -0.2) is 4.98 Å². The van der Waals surface area contributed by atoms with E-state index in [2.05, 4.69) is 27.0 Å². The number of rotatable bonds is 4. The van der Waals surface area contributed by atoms with Gasteiger partial charge in [0.1, 0.15) is 28.9 Å². The van der Waals surface area contributed by atoms with E-state index < -0.39 is 0 Å². The first kappa shape index (κ1) is 17.8. The molecule has 0 saturated carbocycles. The van der Waals surface area contributed by atoms with Crippen LogP contribution in [0.3, 0.4) is 0 Å². The second-order valence-corrected chi connectivity index (χ2v) is 6.45. The molecule has 2 N–H and O–H groups in total. The standard InChI is InChI=1S/C20H16BrN3O2/c1-25-15-7-13(8-16(9-15)26-2)17-10-19(24-20(23)18(17)11-22)12-4-3-5-14(21)6-12/h3-10H,1-2H3,(H2,23,24). The number of methoxy groups -OCH3 is 2. The van der Waals surface area contributed by atoms with Crippen molar-refractivity contribution in [3.8, 4) is 40.0 Å². The number of pyridine rings is 1. The zero-order chi connectivity index (χ0) is 18.7. The lowest BCUT2D eigenvalue weighted by Crippen LogP contribution is -2.00. The van der Waals surface area contributed by atoms with Crippen molar-refractivity contribution in [2.45, 2.75) is 0 Å². The molecule has 0 spiro atoms. The Kier molecular flexibility index (Phi) is 5.10. The fourth-order valence-corrected chi connectivity index (χ4v) is 3.07. The minimum atomic E-state index is 0.182. The highest BCUT2D eigenvalue weighted by Crippen LogP contribution is 2.35. The Bertz CT molecular complexity index is 990. The Morgan fingerprint density at radius 2 is 1.69 bits per heavy atom. The lowest BCUT2D eigenvalue weighted by Gasteiger charge is -2.13. The van der Waals surface area contributed by atoms with Crippen molar-refractivity contribution in [3.63, 3.8) is 0 Å². The fraction of sp³-hybridized carbons (Fsp3) is 0.100. The molecule has 130 valence electrons. The molecule has 5 nitrogen and oxygen atoms in total. The highest BCUT2D eigenvalue weighted by Gasteiger charge is 2.15. The number of benzene rings is 2. The van der Waals surface area contributed by atoms with Crippen molar-refractivity contribution in [3.05, 3.63) is 58.6 Å². The quantitative estimate of drug-likeness (QED) is 0.677. The average molecular weight is 410 g/mol. The summed E-state index contributed by atoms with van der Waals surface area (Å²) in [5.41, 5.74) is 9.41. The smallest absolute Gasteiger partial charge is 0.142 e. The molecule has 0 radical (unpaired) electrons. The number of hydrogen-bond acceptors (Lipinski definition) is 5. The molecule has 3 aromatic rings. The van der Waals surface area contributed by atoms with Crippen LogP contribution in [0.1, 0.15) is 5.56 Å². The normalized spacial score (nSPS) is 10.2. The molecule has 0 aliphatic heterocycles. The summed E-state index contributed by atoms with van der Waals surface area (Å²) in [6.45, 7) is 0. The van der Waals surface area contributed by atoms with Gasteiger partial charge in [0.2, 0.25) is 0 Å². The van der Waals surface area contributed by atoms with Crippen LogP contribution in [0, 0.1) is 11.3 Å². The highest BCUT2D eigenvalue weighted by atomic mass is 79.9. The molecule has 0 aliphatic rings. The number of ether oxygens (including phenoxy) is 2. The average Bonchev–Trinajstić information content (AvgIpc) is 2.66. The minimum absolute atomic E-state index is 0.182. The van der Waals surface area contributed by atoms with E-state index in [-0.39, 0.29) is 5.82 Å². The fourth-order valence-electron chi connectivity index (χ4n) is 2.67. The summed E-state index contributed by atoms with van der Waals surface area (Å²) in [7, 11) is 3.16. The van der Waals surface area contributed by atoms with Crippen molar-refractivity contribution in [1.29, 1.82) is 5.26 Å². The van der Waals surface area contributed by atoms with Crippen LogP contribution in [0.4, 0.5) is 5.82 Å². The van der Waals surface area contributed by atoms with Crippen LogP contribution in [0.25, 0.3) is 22.4 Å². The van der Waals surface area contributed by atoms with Crippen molar-refractivity contribution >= 4 is 21.7 Å². The third-order valence-corrected chi connectivity index (χ3v) is 4.44. The summed E-state index contributed by atoms with van der Waals surface area (Å²) in [6.07, 6.45) is 0. The number of nitriles is 1. The van der Waals surface area contributed by atoms with E-state index >= 15 is 0 Å². The van der Waals surface area contributed by atoms with Crippen molar-refractivity contribution < 1.29 is 9.47 Å². The maximum Gasteiger partial charge on any atom is 0.142 e. The molecule has 3 rings (SSSR count). The molecule has 0 atom stereocenters. The van der Waals surface area contributed by atoms with Gasteiger partial charge in [0, 0.05) is 21.7 Å². The van der Waals surface area contributed by atoms with Crippen LogP contribution in [-0.2, 0) is 0 Å². The van der Waals surface area contributed by atoms with Crippen LogP contribution >= 0.6 is 15.9 Å². The largest absolute Gasteiger partial charge is 0.497 e. The molecule has 0 fully saturated rings. The summed E-state index contributed by atoms with van der Waals surface area (Å²) in [5, 5.41) is 9.58. The number of hydrogen-bond donors (Lipinski definition) is 1. The van der Waals surface area contributed by atoms with Gasteiger partial charge in [-0.05, 0) is 35.9 Å². The monoisotopic (exact) mass is 409 g/mol. The number of nitrogen functional groups attached to an aromatic ring is 1. The SMILES string of the molecule is COc1cc(OC)cc(-c2cc(-c3cccc(Br)c3)nc(N)c2C#N)c1. The Balaban J connectivity index is 2.25. The highest BCUT2D eigenvalue weighted by molar-refractivity contribution is 9.10. The lowest BCUT2D eigenvalue weighted by molar-refractivity contribution is 0.394. The molecule has 1 aromatic heterocycles. The zero-order valence-electron chi connectivity index (χ0n) is 14.3. The molecule has 0 aliphatic carbocycles. The summed E-state index contributed by atoms with van der Waals surface area (Å²) in [6, 6.07) is 17.2. The second kappa shape index (κ2) is 7.46. The van der Waals surface area contributed by atoms with Crippen LogP contribution in [0.5, 0.6) is 11.5 Å². The first-order chi connectivity index (χ1) is 12.5. The van der Waals surface area contributed by atoms with Crippen molar-refractivity contribution in [2.75, 3.05) is 20.0 Å². The predicted molar refractivity (Wildman–Crippen MR) is 105 cm³/mol. The van der Waals surface area contributed by atoms with Gasteiger partial charge in [-0.1, -0.05) is 28.1 Å². The van der Waals surface area contributed by atoms with E-state index in [0.717, 1.165) is 15.6 Å². The predicted octanol–water partition coefficient (Wildman–Crippen LogP) is 4.65. The molecule has 0 saturated heterocycles. The molecular weight excluding hydrogens is 394 g/mol. The van der Waals surface area contributed by atoms with Gasteiger partial charge in [0.05, 0.1) is 19.9 Å². The Labute approximate surface area is 160 Å². The molecule has 6 heteroatoms. The number of anilines is 1. The van der Waals surface area contributed by atoms with Gasteiger partial charge < -0.3 is 15.2 Å². The summed E-state index contributed by atoms with van der Waals surface area (Å²) in [5.74, 6) is 1.44. The summed E-state index contributed by atoms with van der Waals surface area (Å²) < 4.78 is 11.6. The van der Waals surface area contributed by atoms with Gasteiger partial charge >= 0.3 is 0 Å². The Hall–Kier alpha value is -3.04. The molecule has 0 amide bonds. The summed E-state index contributed by atoms with van der Waals surface area (Å²) >= 11 is 3.46. The maximum absolute atomic E-state index is 9.58. The lowest BCUT2D eigenvalue weighted by atomic mass is 9.98. The van der Waals surface area contributed by atoms with Crippen molar-refractivity contribution in [2.24, 2.45) is 0 Å². The van der Waals surface area contributed by atoms with Gasteiger partial charge in [-0.15, -0.1) is 0 Å². The topological polar surface area (TPSA) is 81.2 Å². The van der Waals surface area contributed by atoms with Crippen LogP contribution in [-0.4, -0.2) is 19.2 Å². The van der Waals surface area contributed by atoms with E-state index in [1.807, 2.05) is 42.5 Å². The van der Waals surface area contributed by atoms with Crippen LogP contribution < -0.4 is 15.2 Å². The number of nitrogens with two attached hydrogens (primary N) is 1. The van der Waals surface area contributed by atoms with E-state index in [9.17, 15) is 5.26 Å². The van der Waals surface area contributed by atoms with E-state index in [1.54, 1.807) is 20.3 Å². The maximum atomic E-state index is 9.58. The Morgan fingerprint density at radius 1 is 1.00 bits per heavy atom. The minimum Gasteiger partial charge on any atom is -0.497 e. The van der Waals surface area contributed by atoms with Gasteiger partial charge in [0.15, 0.2) is 0 Å². The summed E-state index contributed by atoms with van der Waals surface area (Å²) in [4.78, 5) is 4.40. The molecule has 0 bridgehead atoms. The van der Waals surface area contributed by atoms with E-state index in [0.29, 0.717) is 28.3 Å². The van der Waals surface area contributed by atoms with Gasteiger partial charge in [-0.2, -0.15) is 5.26 Å².